The maximum atomic E-state index is 11.7. The van der Waals surface area contributed by atoms with Gasteiger partial charge in [-0.25, -0.2) is 0 Å². The van der Waals surface area contributed by atoms with Gasteiger partial charge in [0.1, 0.15) is 5.60 Å². The topological polar surface area (TPSA) is 40.5 Å². The normalized spacial score (nSPS) is 25.9. The van der Waals surface area contributed by atoms with Gasteiger partial charge in [0.15, 0.2) is 0 Å². The van der Waals surface area contributed by atoms with Crippen molar-refractivity contribution >= 4 is 5.91 Å². The van der Waals surface area contributed by atoms with Crippen molar-refractivity contribution in [1.82, 2.24) is 4.90 Å². The molecule has 1 amide bonds. The van der Waals surface area contributed by atoms with Crippen molar-refractivity contribution in [3.8, 4) is 0 Å². The fraction of sp³-hybridized carbons (Fsp3) is 0.909. The molecular formula is C11H19NO2. The molecule has 0 aromatic rings. The van der Waals surface area contributed by atoms with Crippen LogP contribution in [0.15, 0.2) is 0 Å². The lowest BCUT2D eigenvalue weighted by Crippen LogP contribution is -2.67. The highest BCUT2D eigenvalue weighted by Gasteiger charge is 2.47. The van der Waals surface area contributed by atoms with Crippen molar-refractivity contribution in [2.75, 3.05) is 13.1 Å². The number of β-amino-alcohol motifs (C(OH)–C–C–N with tert-alkyl or cyclic N) is 1. The molecule has 1 aliphatic heterocycles. The number of rotatable bonds is 2. The maximum Gasteiger partial charge on any atom is 0.225 e. The molecule has 1 saturated carbocycles. The third kappa shape index (κ3) is 1.44. The molecule has 0 aromatic heterocycles. The highest BCUT2D eigenvalue weighted by molar-refractivity contribution is 5.80. The summed E-state index contributed by atoms with van der Waals surface area (Å²) in [5.41, 5.74) is -0.612. The van der Waals surface area contributed by atoms with Crippen LogP contribution in [0, 0.1) is 11.8 Å². The standard InChI is InChI=1S/C11H19NO2/c1-8(2)11(14)6-12(7-11)10(13)9-4-3-5-9/h8-9,14H,3-7H2,1-2H3. The fourth-order valence-electron chi connectivity index (χ4n) is 2.05. The van der Waals surface area contributed by atoms with E-state index in [1.54, 1.807) is 0 Å². The first kappa shape index (κ1) is 9.97. The van der Waals surface area contributed by atoms with Crippen molar-refractivity contribution in [2.24, 2.45) is 11.8 Å². The second kappa shape index (κ2) is 3.23. The summed E-state index contributed by atoms with van der Waals surface area (Å²) in [4.78, 5) is 13.5. The lowest BCUT2D eigenvalue weighted by atomic mass is 9.79. The molecule has 1 heterocycles. The summed E-state index contributed by atoms with van der Waals surface area (Å²) >= 11 is 0. The van der Waals surface area contributed by atoms with Crippen LogP contribution < -0.4 is 0 Å². The molecule has 1 N–H and O–H groups in total. The van der Waals surface area contributed by atoms with Gasteiger partial charge in [-0.1, -0.05) is 20.3 Å². The fourth-order valence-corrected chi connectivity index (χ4v) is 2.05. The van der Waals surface area contributed by atoms with Gasteiger partial charge in [-0.2, -0.15) is 0 Å². The zero-order chi connectivity index (χ0) is 10.3. The number of hydrogen-bond donors (Lipinski definition) is 1. The van der Waals surface area contributed by atoms with E-state index in [1.807, 2.05) is 18.7 Å². The maximum absolute atomic E-state index is 11.7. The first-order chi connectivity index (χ1) is 6.53. The highest BCUT2D eigenvalue weighted by atomic mass is 16.3. The molecule has 0 unspecified atom stereocenters. The first-order valence-corrected chi connectivity index (χ1v) is 5.54. The summed E-state index contributed by atoms with van der Waals surface area (Å²) in [6.07, 6.45) is 3.30. The Labute approximate surface area is 85.1 Å². The molecule has 3 nitrogen and oxygen atoms in total. The molecular weight excluding hydrogens is 178 g/mol. The summed E-state index contributed by atoms with van der Waals surface area (Å²) in [5.74, 6) is 0.779. The van der Waals surface area contributed by atoms with E-state index in [2.05, 4.69) is 0 Å². The second-order valence-corrected chi connectivity index (χ2v) is 5.08. The number of amides is 1. The zero-order valence-corrected chi connectivity index (χ0v) is 8.99. The number of aliphatic hydroxyl groups is 1. The average Bonchev–Trinajstić information content (AvgIpc) is 1.94. The van der Waals surface area contributed by atoms with E-state index in [-0.39, 0.29) is 17.7 Å². The smallest absolute Gasteiger partial charge is 0.225 e. The molecule has 80 valence electrons. The Bertz CT molecular complexity index is 240. The van der Waals surface area contributed by atoms with Crippen molar-refractivity contribution in [1.29, 1.82) is 0 Å². The Kier molecular flexibility index (Phi) is 2.30. The van der Waals surface area contributed by atoms with Crippen LogP contribution in [0.1, 0.15) is 33.1 Å². The summed E-state index contributed by atoms with van der Waals surface area (Å²) < 4.78 is 0. The second-order valence-electron chi connectivity index (χ2n) is 5.08. The molecule has 1 aliphatic carbocycles. The van der Waals surface area contributed by atoms with Crippen molar-refractivity contribution in [3.63, 3.8) is 0 Å². The van der Waals surface area contributed by atoms with Crippen LogP contribution in [0.4, 0.5) is 0 Å². The Morgan fingerprint density at radius 3 is 2.36 bits per heavy atom. The number of likely N-dealkylation sites (tertiary alicyclic amines) is 1. The molecule has 0 atom stereocenters. The van der Waals surface area contributed by atoms with Gasteiger partial charge in [0.2, 0.25) is 5.91 Å². The number of nitrogens with zero attached hydrogens (tertiary/aromatic N) is 1. The van der Waals surface area contributed by atoms with Crippen LogP contribution in [-0.2, 0) is 4.79 Å². The number of carbonyl (C=O) groups excluding carboxylic acids is 1. The van der Waals surface area contributed by atoms with Gasteiger partial charge in [-0.05, 0) is 18.8 Å². The Morgan fingerprint density at radius 1 is 1.43 bits per heavy atom. The number of hydrogen-bond acceptors (Lipinski definition) is 2. The molecule has 0 radical (unpaired) electrons. The summed E-state index contributed by atoms with van der Waals surface area (Å²) in [5, 5.41) is 9.99. The lowest BCUT2D eigenvalue weighted by Gasteiger charge is -2.50. The third-order valence-electron chi connectivity index (χ3n) is 3.77. The van der Waals surface area contributed by atoms with Gasteiger partial charge in [-0.3, -0.25) is 4.79 Å². The molecule has 1 saturated heterocycles. The average molecular weight is 197 g/mol. The van der Waals surface area contributed by atoms with Crippen LogP contribution in [0.5, 0.6) is 0 Å². The minimum atomic E-state index is -0.612. The minimum Gasteiger partial charge on any atom is -0.386 e. The molecule has 0 aromatic carbocycles. The van der Waals surface area contributed by atoms with E-state index in [9.17, 15) is 9.90 Å². The van der Waals surface area contributed by atoms with Crippen molar-refractivity contribution in [3.05, 3.63) is 0 Å². The quantitative estimate of drug-likeness (QED) is 0.718. The van der Waals surface area contributed by atoms with Crippen molar-refractivity contribution < 1.29 is 9.90 Å². The molecule has 2 aliphatic rings. The SMILES string of the molecule is CC(C)C1(O)CN(C(=O)C2CCC2)C1. The molecule has 2 rings (SSSR count). The monoisotopic (exact) mass is 197 g/mol. The largest absolute Gasteiger partial charge is 0.386 e. The van der Waals surface area contributed by atoms with E-state index >= 15 is 0 Å². The molecule has 3 heteroatoms. The van der Waals surface area contributed by atoms with Gasteiger partial charge < -0.3 is 10.0 Å². The van der Waals surface area contributed by atoms with E-state index in [4.69, 9.17) is 0 Å². The molecule has 14 heavy (non-hydrogen) atoms. The summed E-state index contributed by atoms with van der Waals surface area (Å²) in [6.45, 7) is 5.09. The van der Waals surface area contributed by atoms with Crippen LogP contribution >= 0.6 is 0 Å². The predicted molar refractivity (Wildman–Crippen MR) is 53.7 cm³/mol. The van der Waals surface area contributed by atoms with Crippen LogP contribution in [0.2, 0.25) is 0 Å². The van der Waals surface area contributed by atoms with Crippen LogP contribution in [0.25, 0.3) is 0 Å². The van der Waals surface area contributed by atoms with Gasteiger partial charge in [0, 0.05) is 5.92 Å². The highest BCUT2D eigenvalue weighted by Crippen LogP contribution is 2.34. The molecule has 2 fully saturated rings. The predicted octanol–water partition coefficient (Wildman–Crippen LogP) is 1.02. The van der Waals surface area contributed by atoms with E-state index < -0.39 is 5.60 Å². The van der Waals surface area contributed by atoms with Gasteiger partial charge in [0.05, 0.1) is 13.1 Å². The van der Waals surface area contributed by atoms with Gasteiger partial charge in [-0.15, -0.1) is 0 Å². The van der Waals surface area contributed by atoms with Gasteiger partial charge >= 0.3 is 0 Å². The van der Waals surface area contributed by atoms with Crippen LogP contribution in [-0.4, -0.2) is 34.6 Å². The Balaban J connectivity index is 1.84. The van der Waals surface area contributed by atoms with Crippen molar-refractivity contribution in [2.45, 2.75) is 38.7 Å². The third-order valence-corrected chi connectivity index (χ3v) is 3.77. The van der Waals surface area contributed by atoms with E-state index in [1.165, 1.54) is 6.42 Å². The zero-order valence-electron chi connectivity index (χ0n) is 8.99. The number of carbonyl (C=O) groups is 1. The Morgan fingerprint density at radius 2 is 2.00 bits per heavy atom. The molecule has 0 bridgehead atoms. The van der Waals surface area contributed by atoms with Crippen LogP contribution in [0.3, 0.4) is 0 Å². The van der Waals surface area contributed by atoms with Gasteiger partial charge in [0.25, 0.3) is 0 Å². The molecule has 0 spiro atoms. The first-order valence-electron chi connectivity index (χ1n) is 5.54. The van der Waals surface area contributed by atoms with E-state index in [0.717, 1.165) is 12.8 Å². The lowest BCUT2D eigenvalue weighted by molar-refractivity contribution is -0.169. The summed E-state index contributed by atoms with van der Waals surface area (Å²) in [7, 11) is 0. The Hall–Kier alpha value is -0.570. The van der Waals surface area contributed by atoms with E-state index in [0.29, 0.717) is 13.1 Å². The minimum absolute atomic E-state index is 0.243. The summed E-state index contributed by atoms with van der Waals surface area (Å²) in [6, 6.07) is 0.